The maximum absolute atomic E-state index is 11.4. The molecule has 0 spiro atoms. The number of hydrogen-bond acceptors (Lipinski definition) is 1. The molecule has 3 aliphatic rings. The van der Waals surface area contributed by atoms with E-state index in [1.54, 1.807) is 0 Å². The zero-order chi connectivity index (χ0) is 15.1. The highest BCUT2D eigenvalue weighted by Gasteiger charge is 2.54. The van der Waals surface area contributed by atoms with Gasteiger partial charge in [0.1, 0.15) is 0 Å². The van der Waals surface area contributed by atoms with Gasteiger partial charge in [0.15, 0.2) is 0 Å². The van der Waals surface area contributed by atoms with Crippen molar-refractivity contribution in [2.75, 3.05) is 0 Å². The Kier molecular flexibility index (Phi) is 4.07. The van der Waals surface area contributed by atoms with E-state index in [4.69, 9.17) is 0 Å². The highest BCUT2D eigenvalue weighted by atomic mass is 16.3. The maximum atomic E-state index is 11.4. The molecule has 1 N–H and O–H groups in total. The van der Waals surface area contributed by atoms with Crippen LogP contribution >= 0.6 is 0 Å². The second-order valence-electron chi connectivity index (χ2n) is 8.57. The number of allylic oxidation sites excluding steroid dienone is 2. The zero-order valence-corrected chi connectivity index (χ0v) is 14.1. The number of aliphatic hydroxyl groups is 1. The molecule has 0 amide bonds. The van der Waals surface area contributed by atoms with Crippen molar-refractivity contribution in [3.8, 4) is 0 Å². The van der Waals surface area contributed by atoms with Gasteiger partial charge < -0.3 is 5.11 Å². The van der Waals surface area contributed by atoms with Gasteiger partial charge in [-0.1, -0.05) is 64.7 Å². The lowest BCUT2D eigenvalue weighted by molar-refractivity contribution is -0.0457. The number of hydrogen-bond donors (Lipinski definition) is 1. The third-order valence-electron chi connectivity index (χ3n) is 6.59. The summed E-state index contributed by atoms with van der Waals surface area (Å²) in [7, 11) is 0. The second kappa shape index (κ2) is 5.57. The summed E-state index contributed by atoms with van der Waals surface area (Å²) in [5, 5.41) is 11.4. The minimum absolute atomic E-state index is 0.0594. The van der Waals surface area contributed by atoms with Crippen LogP contribution in [0.1, 0.15) is 72.1 Å². The fourth-order valence-electron chi connectivity index (χ4n) is 5.43. The summed E-state index contributed by atoms with van der Waals surface area (Å²) in [5.41, 5.74) is 1.39. The van der Waals surface area contributed by atoms with Gasteiger partial charge in [0, 0.05) is 5.41 Å². The van der Waals surface area contributed by atoms with Crippen LogP contribution in [0.2, 0.25) is 0 Å². The Hall–Kier alpha value is -0.560. The topological polar surface area (TPSA) is 20.2 Å². The summed E-state index contributed by atoms with van der Waals surface area (Å²) >= 11 is 0. The van der Waals surface area contributed by atoms with Crippen LogP contribution in [0.5, 0.6) is 0 Å². The van der Waals surface area contributed by atoms with E-state index < -0.39 is 0 Å². The molecule has 0 bridgehead atoms. The van der Waals surface area contributed by atoms with Gasteiger partial charge in [-0.05, 0) is 48.5 Å². The average Bonchev–Trinajstić information content (AvgIpc) is 3.11. The molecule has 21 heavy (non-hydrogen) atoms. The second-order valence-corrected chi connectivity index (χ2v) is 8.57. The van der Waals surface area contributed by atoms with E-state index in [9.17, 15) is 5.11 Å². The van der Waals surface area contributed by atoms with Crippen molar-refractivity contribution >= 4 is 0 Å². The van der Waals surface area contributed by atoms with Crippen LogP contribution in [0.3, 0.4) is 0 Å². The molecule has 3 rings (SSSR count). The molecule has 118 valence electrons. The smallest absolute Gasteiger partial charge is 0.0854 e. The van der Waals surface area contributed by atoms with Crippen molar-refractivity contribution in [1.82, 2.24) is 0 Å². The minimum atomic E-state index is -0.270. The van der Waals surface area contributed by atoms with Crippen LogP contribution in [0, 0.1) is 22.7 Å². The van der Waals surface area contributed by atoms with Crippen LogP contribution in [0.15, 0.2) is 23.8 Å². The molecule has 1 nitrogen and oxygen atoms in total. The molecule has 0 aromatic rings. The monoisotopic (exact) mass is 288 g/mol. The maximum Gasteiger partial charge on any atom is 0.0854 e. The first kappa shape index (κ1) is 15.3. The third kappa shape index (κ3) is 2.42. The summed E-state index contributed by atoms with van der Waals surface area (Å²) in [6.07, 6.45) is 17.1. The molecule has 0 radical (unpaired) electrons. The van der Waals surface area contributed by atoms with E-state index in [0.717, 1.165) is 0 Å². The molecule has 1 heteroatoms. The van der Waals surface area contributed by atoms with E-state index in [0.29, 0.717) is 11.8 Å². The van der Waals surface area contributed by atoms with Crippen molar-refractivity contribution in [3.63, 3.8) is 0 Å². The Morgan fingerprint density at radius 3 is 2.14 bits per heavy atom. The Balaban J connectivity index is 1.97. The van der Waals surface area contributed by atoms with Gasteiger partial charge in [-0.25, -0.2) is 0 Å². The van der Waals surface area contributed by atoms with Crippen LogP contribution < -0.4 is 0 Å². The first-order valence-electron chi connectivity index (χ1n) is 9.04. The zero-order valence-electron chi connectivity index (χ0n) is 14.1. The third-order valence-corrected chi connectivity index (χ3v) is 6.59. The Bertz CT molecular complexity index is 427. The highest BCUT2D eigenvalue weighted by molar-refractivity contribution is 5.33. The quantitative estimate of drug-likeness (QED) is 0.735. The molecule has 0 heterocycles. The molecule has 0 aliphatic heterocycles. The van der Waals surface area contributed by atoms with Gasteiger partial charge in [-0.3, -0.25) is 0 Å². The predicted octanol–water partition coefficient (Wildman–Crippen LogP) is 5.26. The van der Waals surface area contributed by atoms with Crippen LogP contribution in [0.25, 0.3) is 0 Å². The normalized spacial score (nSPS) is 35.4. The molecular formula is C20H32O. The predicted molar refractivity (Wildman–Crippen MR) is 89.0 cm³/mol. The van der Waals surface area contributed by atoms with Crippen molar-refractivity contribution in [2.45, 2.75) is 78.2 Å². The highest BCUT2D eigenvalue weighted by Crippen LogP contribution is 2.57. The standard InChI is InChI=1S/C20H32O/c1-19(2,3)20(16-11-6-7-12-16)14-8-13-17(18(20)21)15-9-4-5-10-15/h8,13-16,18,21H,4-7,9-12H2,1-3H3. The van der Waals surface area contributed by atoms with Gasteiger partial charge in [-0.15, -0.1) is 0 Å². The van der Waals surface area contributed by atoms with E-state index in [1.165, 1.54) is 56.9 Å². The van der Waals surface area contributed by atoms with E-state index in [1.807, 2.05) is 0 Å². The van der Waals surface area contributed by atoms with Crippen LogP contribution in [-0.4, -0.2) is 11.2 Å². The average molecular weight is 288 g/mol. The number of rotatable bonds is 2. The lowest BCUT2D eigenvalue weighted by Gasteiger charge is -2.53. The molecule has 2 atom stereocenters. The molecule has 2 unspecified atom stereocenters. The van der Waals surface area contributed by atoms with Gasteiger partial charge in [0.05, 0.1) is 6.10 Å². The summed E-state index contributed by atoms with van der Waals surface area (Å²) in [4.78, 5) is 0. The van der Waals surface area contributed by atoms with Crippen molar-refractivity contribution in [2.24, 2.45) is 22.7 Å². The Labute approximate surface area is 130 Å². The van der Waals surface area contributed by atoms with Crippen LogP contribution in [0.4, 0.5) is 0 Å². The molecular weight excluding hydrogens is 256 g/mol. The molecule has 2 fully saturated rings. The van der Waals surface area contributed by atoms with Crippen LogP contribution in [-0.2, 0) is 0 Å². The summed E-state index contributed by atoms with van der Waals surface area (Å²) < 4.78 is 0. The summed E-state index contributed by atoms with van der Waals surface area (Å²) in [5.74, 6) is 1.28. The molecule has 0 aromatic heterocycles. The molecule has 0 aromatic carbocycles. The van der Waals surface area contributed by atoms with Gasteiger partial charge in [0.25, 0.3) is 0 Å². The SMILES string of the molecule is CC(C)(C)C1(C2CCCC2)C=CC=C(C2CCCC2)C1O. The van der Waals surface area contributed by atoms with E-state index in [-0.39, 0.29) is 16.9 Å². The fourth-order valence-corrected chi connectivity index (χ4v) is 5.43. The van der Waals surface area contributed by atoms with Gasteiger partial charge in [0.2, 0.25) is 0 Å². The first-order valence-corrected chi connectivity index (χ1v) is 9.04. The van der Waals surface area contributed by atoms with Gasteiger partial charge >= 0.3 is 0 Å². The fraction of sp³-hybridized carbons (Fsp3) is 0.800. The molecule has 0 saturated heterocycles. The summed E-state index contributed by atoms with van der Waals surface area (Å²) in [6, 6.07) is 0. The number of aliphatic hydroxyl groups excluding tert-OH is 1. The van der Waals surface area contributed by atoms with E-state index in [2.05, 4.69) is 39.0 Å². The van der Waals surface area contributed by atoms with Crippen molar-refractivity contribution < 1.29 is 5.11 Å². The van der Waals surface area contributed by atoms with Crippen molar-refractivity contribution in [3.05, 3.63) is 23.8 Å². The minimum Gasteiger partial charge on any atom is -0.388 e. The Morgan fingerprint density at radius 1 is 1.00 bits per heavy atom. The van der Waals surface area contributed by atoms with E-state index >= 15 is 0 Å². The lowest BCUT2D eigenvalue weighted by atomic mass is 9.53. The first-order chi connectivity index (χ1) is 9.97. The van der Waals surface area contributed by atoms with Crippen molar-refractivity contribution in [1.29, 1.82) is 0 Å². The largest absolute Gasteiger partial charge is 0.388 e. The molecule has 2 saturated carbocycles. The Morgan fingerprint density at radius 2 is 1.57 bits per heavy atom. The lowest BCUT2D eigenvalue weighted by Crippen LogP contribution is -2.51. The summed E-state index contributed by atoms with van der Waals surface area (Å²) in [6.45, 7) is 6.99. The molecule has 3 aliphatic carbocycles. The van der Waals surface area contributed by atoms with Gasteiger partial charge in [-0.2, -0.15) is 0 Å².